The van der Waals surface area contributed by atoms with Gasteiger partial charge < -0.3 is 20.7 Å². The number of hydrogen-bond donors (Lipinski definition) is 3. The summed E-state index contributed by atoms with van der Waals surface area (Å²) in [7, 11) is -4.50. The van der Waals surface area contributed by atoms with Crippen LogP contribution in [0.4, 0.5) is 5.82 Å². The number of ether oxygens (including phenoxy) is 1. The van der Waals surface area contributed by atoms with E-state index in [2.05, 4.69) is 4.98 Å². The summed E-state index contributed by atoms with van der Waals surface area (Å²) in [4.78, 5) is 15.5. The number of phosphoric acid groups is 1. The first-order chi connectivity index (χ1) is 14.1. The van der Waals surface area contributed by atoms with Gasteiger partial charge >= 0.3 is 13.5 Å². The third kappa shape index (κ3) is 8.60. The minimum Gasteiger partial charge on any atom is -0.387 e. The van der Waals surface area contributed by atoms with Crippen LogP contribution in [-0.2, 0) is 22.9 Å². The minimum absolute atomic E-state index is 0.0488. The molecule has 178 valence electrons. The van der Waals surface area contributed by atoms with Crippen molar-refractivity contribution in [1.29, 1.82) is 0 Å². The number of aliphatic hydroxyl groups is 2. The lowest BCUT2D eigenvalue weighted by molar-refractivity contribution is -0.0561. The number of nitrogens with two attached hydrogens (primary N) is 1. The smallest absolute Gasteiger partial charge is 0.387 e. The van der Waals surface area contributed by atoms with Crippen LogP contribution in [0, 0.1) is 0 Å². The first kappa shape index (κ1) is 27.7. The van der Waals surface area contributed by atoms with E-state index in [0.717, 1.165) is 4.57 Å². The number of rotatable bonds is 8. The van der Waals surface area contributed by atoms with E-state index in [1.807, 2.05) is 0 Å². The molecule has 4 N–H and O–H groups in total. The lowest BCUT2D eigenvalue weighted by atomic mass is 10.1. The first-order valence-corrected chi connectivity index (χ1v) is 11.9. The molecule has 0 radical (unpaired) electrons. The second kappa shape index (κ2) is 10.8. The standard InChI is InChI=1S/C13H16Cl6N3O8P/c14-12(15,16)4-28-31(26,29-5-13(17,18)19)27-3-6-8(23)9(24)10(30-6)22-2-1-7(20)21-11(22)25/h1-2,6,8-10,23-24H,3-5H2,(H2,20,21,25). The highest BCUT2D eigenvalue weighted by Gasteiger charge is 2.46. The predicted octanol–water partition coefficient (Wildman–Crippen LogP) is 2.34. The van der Waals surface area contributed by atoms with Crippen molar-refractivity contribution < 1.29 is 33.1 Å². The molecule has 0 spiro atoms. The summed E-state index contributed by atoms with van der Waals surface area (Å²) in [6.45, 7) is -2.09. The van der Waals surface area contributed by atoms with Gasteiger partial charge in [0, 0.05) is 6.20 Å². The topological polar surface area (TPSA) is 155 Å². The molecule has 1 fully saturated rings. The predicted molar refractivity (Wildman–Crippen MR) is 115 cm³/mol. The van der Waals surface area contributed by atoms with Crippen molar-refractivity contribution in [2.24, 2.45) is 0 Å². The Balaban J connectivity index is 2.10. The molecule has 1 aromatic rings. The second-order valence-corrected chi connectivity index (χ2v) is 12.8. The zero-order valence-electron chi connectivity index (χ0n) is 15.1. The van der Waals surface area contributed by atoms with Crippen LogP contribution in [0.25, 0.3) is 0 Å². The van der Waals surface area contributed by atoms with Crippen molar-refractivity contribution in [3.63, 3.8) is 0 Å². The highest BCUT2D eigenvalue weighted by Crippen LogP contribution is 2.53. The highest BCUT2D eigenvalue weighted by atomic mass is 35.6. The molecule has 0 saturated carbocycles. The monoisotopic (exact) mass is 583 g/mol. The molecule has 2 rings (SSSR count). The summed E-state index contributed by atoms with van der Waals surface area (Å²) in [6.07, 6.45) is -4.55. The molecule has 1 aliphatic heterocycles. The molecule has 0 amide bonds. The van der Waals surface area contributed by atoms with Gasteiger partial charge in [-0.1, -0.05) is 69.6 Å². The molecular weight excluding hydrogens is 570 g/mol. The number of hydrogen-bond acceptors (Lipinski definition) is 10. The Morgan fingerprint density at radius 2 is 1.65 bits per heavy atom. The van der Waals surface area contributed by atoms with Crippen LogP contribution in [0.3, 0.4) is 0 Å². The number of anilines is 1. The lowest BCUT2D eigenvalue weighted by Gasteiger charge is -2.23. The maximum absolute atomic E-state index is 12.8. The number of nitrogens with zero attached hydrogens (tertiary/aromatic N) is 2. The maximum Gasteiger partial charge on any atom is 0.475 e. The molecule has 0 aliphatic carbocycles. The third-order valence-electron chi connectivity index (χ3n) is 3.63. The number of aliphatic hydroxyl groups excluding tert-OH is 2. The van der Waals surface area contributed by atoms with Gasteiger partial charge in [0.15, 0.2) is 6.23 Å². The molecule has 0 aromatic carbocycles. The maximum atomic E-state index is 12.8. The molecular formula is C13H16Cl6N3O8P. The Kier molecular flexibility index (Phi) is 9.61. The number of nitrogen functional groups attached to an aromatic ring is 1. The average molecular weight is 586 g/mol. The van der Waals surface area contributed by atoms with E-state index in [4.69, 9.17) is 93.6 Å². The summed E-state index contributed by atoms with van der Waals surface area (Å²) in [5.74, 6) is -0.0488. The van der Waals surface area contributed by atoms with Gasteiger partial charge in [-0.2, -0.15) is 4.98 Å². The third-order valence-corrected chi connectivity index (χ3v) is 5.64. The quantitative estimate of drug-likeness (QED) is 0.306. The Morgan fingerprint density at radius 1 is 1.10 bits per heavy atom. The molecule has 2 heterocycles. The highest BCUT2D eigenvalue weighted by molar-refractivity contribution is 7.48. The zero-order chi connectivity index (χ0) is 23.6. The van der Waals surface area contributed by atoms with Crippen LogP contribution in [0.1, 0.15) is 6.23 Å². The van der Waals surface area contributed by atoms with E-state index in [9.17, 15) is 19.6 Å². The van der Waals surface area contributed by atoms with E-state index in [0.29, 0.717) is 0 Å². The molecule has 4 unspecified atom stereocenters. The molecule has 4 atom stereocenters. The van der Waals surface area contributed by atoms with Crippen molar-refractivity contribution in [3.8, 4) is 0 Å². The average Bonchev–Trinajstić information content (AvgIpc) is 2.91. The molecule has 0 bridgehead atoms. The van der Waals surface area contributed by atoms with Crippen LogP contribution in [0.2, 0.25) is 0 Å². The van der Waals surface area contributed by atoms with E-state index >= 15 is 0 Å². The van der Waals surface area contributed by atoms with Gasteiger partial charge in [0.2, 0.25) is 7.59 Å². The van der Waals surface area contributed by atoms with Crippen molar-refractivity contribution >= 4 is 83.2 Å². The fraction of sp³-hybridized carbons (Fsp3) is 0.692. The number of halogens is 6. The van der Waals surface area contributed by atoms with Crippen molar-refractivity contribution in [3.05, 3.63) is 22.7 Å². The lowest BCUT2D eigenvalue weighted by Crippen LogP contribution is -2.36. The van der Waals surface area contributed by atoms with Crippen LogP contribution >= 0.6 is 77.4 Å². The summed E-state index contributed by atoms with van der Waals surface area (Å²) in [5, 5.41) is 20.5. The van der Waals surface area contributed by atoms with Gasteiger partial charge in [0.1, 0.15) is 37.3 Å². The number of aromatic nitrogens is 2. The Hall–Kier alpha value is 0.410. The number of phosphoric ester groups is 1. The Morgan fingerprint density at radius 3 is 2.13 bits per heavy atom. The first-order valence-electron chi connectivity index (χ1n) is 8.14. The fourth-order valence-electron chi connectivity index (χ4n) is 2.30. The van der Waals surface area contributed by atoms with E-state index < -0.39 is 65.5 Å². The SMILES string of the molecule is Nc1ccn(C2OC(COP(=O)(OCC(Cl)(Cl)Cl)OCC(Cl)(Cl)Cl)C(O)C2O)c(=O)n1. The van der Waals surface area contributed by atoms with E-state index in [-0.39, 0.29) is 5.82 Å². The van der Waals surface area contributed by atoms with Crippen molar-refractivity contribution in [1.82, 2.24) is 9.55 Å². The second-order valence-electron chi connectivity index (χ2n) is 6.11. The normalized spacial score (nSPS) is 25.2. The van der Waals surface area contributed by atoms with Gasteiger partial charge in [-0.25, -0.2) is 9.36 Å². The minimum atomic E-state index is -4.50. The Labute approximate surface area is 205 Å². The van der Waals surface area contributed by atoms with Crippen LogP contribution < -0.4 is 11.4 Å². The molecule has 1 aromatic heterocycles. The van der Waals surface area contributed by atoms with E-state index in [1.54, 1.807) is 0 Å². The largest absolute Gasteiger partial charge is 0.475 e. The van der Waals surface area contributed by atoms with Gasteiger partial charge in [-0.05, 0) is 6.07 Å². The molecule has 31 heavy (non-hydrogen) atoms. The summed E-state index contributed by atoms with van der Waals surface area (Å²) in [6, 6.07) is 1.29. The van der Waals surface area contributed by atoms with Crippen LogP contribution in [0.5, 0.6) is 0 Å². The van der Waals surface area contributed by atoms with Crippen LogP contribution in [-0.4, -0.2) is 65.5 Å². The molecule has 11 nitrogen and oxygen atoms in total. The summed E-state index contributed by atoms with van der Waals surface area (Å²) >= 11 is 33.4. The summed E-state index contributed by atoms with van der Waals surface area (Å²) < 4.78 is 30.1. The number of alkyl halides is 6. The van der Waals surface area contributed by atoms with Crippen LogP contribution in [0.15, 0.2) is 17.1 Å². The fourth-order valence-corrected chi connectivity index (χ4v) is 4.34. The molecule has 1 saturated heterocycles. The van der Waals surface area contributed by atoms with E-state index in [1.165, 1.54) is 12.3 Å². The van der Waals surface area contributed by atoms with Gasteiger partial charge in [0.05, 0.1) is 6.61 Å². The molecule has 1 aliphatic rings. The Bertz CT molecular complexity index is 843. The summed E-state index contributed by atoms with van der Waals surface area (Å²) in [5.41, 5.74) is 4.58. The van der Waals surface area contributed by atoms with Gasteiger partial charge in [0.25, 0.3) is 0 Å². The van der Waals surface area contributed by atoms with Crippen molar-refractivity contribution in [2.45, 2.75) is 32.1 Å². The molecule has 18 heteroatoms. The van der Waals surface area contributed by atoms with Gasteiger partial charge in [-0.15, -0.1) is 0 Å². The van der Waals surface area contributed by atoms with Gasteiger partial charge in [-0.3, -0.25) is 18.1 Å². The zero-order valence-corrected chi connectivity index (χ0v) is 20.5. The van der Waals surface area contributed by atoms with Crippen molar-refractivity contribution in [2.75, 3.05) is 25.6 Å².